The minimum Gasteiger partial charge on any atom is -0.496 e. The largest absolute Gasteiger partial charge is 0.496 e. The van der Waals surface area contributed by atoms with E-state index in [4.69, 9.17) is 4.74 Å². The first-order valence-corrected chi connectivity index (χ1v) is 6.92. The summed E-state index contributed by atoms with van der Waals surface area (Å²) in [6, 6.07) is 13.7. The molecule has 0 spiro atoms. The Morgan fingerprint density at radius 3 is 2.67 bits per heavy atom. The molecule has 0 unspecified atom stereocenters. The minimum atomic E-state index is 0.324. The molecule has 1 heterocycles. The predicted octanol–water partition coefficient (Wildman–Crippen LogP) is 3.70. The molecule has 1 N–H and O–H groups in total. The number of benzene rings is 1. The molecule has 2 aromatic rings. The molecule has 0 aliphatic heterocycles. The molecule has 0 fully saturated rings. The molecule has 0 atom stereocenters. The van der Waals surface area contributed by atoms with Crippen LogP contribution in [0.2, 0.25) is 0 Å². The monoisotopic (exact) mass is 281 g/mol. The summed E-state index contributed by atoms with van der Waals surface area (Å²) < 4.78 is 5.33. The highest BCUT2D eigenvalue weighted by Crippen LogP contribution is 2.21. The number of nitrogens with zero attached hydrogens (tertiary/aromatic N) is 2. The smallest absolute Gasteiger partial charge is 0.144 e. The number of anilines is 1. The van der Waals surface area contributed by atoms with E-state index in [1.54, 1.807) is 7.11 Å². The summed E-state index contributed by atoms with van der Waals surface area (Å²) in [6.45, 7) is 4.73. The summed E-state index contributed by atoms with van der Waals surface area (Å²) in [5.74, 6) is 1.77. The van der Waals surface area contributed by atoms with Crippen LogP contribution in [0.15, 0.2) is 36.4 Å². The normalized spacial score (nSPS) is 10.2. The molecule has 0 saturated carbocycles. The Morgan fingerprint density at radius 2 is 2.00 bits per heavy atom. The van der Waals surface area contributed by atoms with E-state index in [0.29, 0.717) is 23.8 Å². The van der Waals surface area contributed by atoms with Gasteiger partial charge in [-0.05, 0) is 24.1 Å². The van der Waals surface area contributed by atoms with E-state index in [2.05, 4.69) is 30.2 Å². The van der Waals surface area contributed by atoms with Crippen LogP contribution in [0, 0.1) is 11.3 Å². The Kier molecular flexibility index (Phi) is 4.78. The molecule has 108 valence electrons. The first kappa shape index (κ1) is 14.9. The number of nitrogens with one attached hydrogen (secondary N) is 1. The molecule has 0 aliphatic rings. The standard InChI is InChI=1S/C17H19N3O/c1-12(2)15-9-8-13(10-18)17(20-15)19-11-14-6-4-5-7-16(14)21-3/h4-9,12H,11H2,1-3H3,(H,19,20). The fraction of sp³-hybridized carbons (Fsp3) is 0.294. The van der Waals surface area contributed by atoms with E-state index in [9.17, 15) is 5.26 Å². The van der Waals surface area contributed by atoms with E-state index < -0.39 is 0 Å². The molecule has 0 saturated heterocycles. The van der Waals surface area contributed by atoms with Gasteiger partial charge in [-0.25, -0.2) is 4.98 Å². The minimum absolute atomic E-state index is 0.324. The van der Waals surface area contributed by atoms with Crippen LogP contribution in [-0.2, 0) is 6.54 Å². The molecule has 1 aromatic carbocycles. The van der Waals surface area contributed by atoms with E-state index >= 15 is 0 Å². The molecule has 0 radical (unpaired) electrons. The van der Waals surface area contributed by atoms with Crippen molar-refractivity contribution < 1.29 is 4.74 Å². The Bertz CT molecular complexity index is 659. The zero-order chi connectivity index (χ0) is 15.2. The molecular formula is C17H19N3O. The van der Waals surface area contributed by atoms with Crippen molar-refractivity contribution >= 4 is 5.82 Å². The topological polar surface area (TPSA) is 57.9 Å². The van der Waals surface area contributed by atoms with Crippen molar-refractivity contribution in [3.05, 3.63) is 53.2 Å². The van der Waals surface area contributed by atoms with Crippen LogP contribution in [0.4, 0.5) is 5.82 Å². The zero-order valence-corrected chi connectivity index (χ0v) is 12.6. The second kappa shape index (κ2) is 6.76. The third-order valence-electron chi connectivity index (χ3n) is 3.27. The Morgan fingerprint density at radius 1 is 1.24 bits per heavy atom. The van der Waals surface area contributed by atoms with Crippen molar-refractivity contribution in [2.75, 3.05) is 12.4 Å². The Hall–Kier alpha value is -2.54. The van der Waals surface area contributed by atoms with Gasteiger partial charge >= 0.3 is 0 Å². The summed E-state index contributed by atoms with van der Waals surface area (Å²) >= 11 is 0. The average Bonchev–Trinajstić information content (AvgIpc) is 2.52. The van der Waals surface area contributed by atoms with Crippen molar-refractivity contribution in [2.45, 2.75) is 26.3 Å². The number of hydrogen-bond donors (Lipinski definition) is 1. The summed E-state index contributed by atoms with van der Waals surface area (Å²) in [5, 5.41) is 12.4. The molecule has 0 aliphatic carbocycles. The van der Waals surface area contributed by atoms with Gasteiger partial charge in [0.25, 0.3) is 0 Å². The molecule has 4 nitrogen and oxygen atoms in total. The third-order valence-corrected chi connectivity index (χ3v) is 3.27. The lowest BCUT2D eigenvalue weighted by atomic mass is 10.1. The first-order valence-electron chi connectivity index (χ1n) is 6.92. The highest BCUT2D eigenvalue weighted by atomic mass is 16.5. The van der Waals surface area contributed by atoms with E-state index in [1.165, 1.54) is 0 Å². The highest BCUT2D eigenvalue weighted by Gasteiger charge is 2.09. The van der Waals surface area contributed by atoms with Crippen LogP contribution in [0.3, 0.4) is 0 Å². The number of nitriles is 1. The van der Waals surface area contributed by atoms with Gasteiger partial charge in [0.1, 0.15) is 17.6 Å². The van der Waals surface area contributed by atoms with Gasteiger partial charge in [-0.2, -0.15) is 5.26 Å². The summed E-state index contributed by atoms with van der Waals surface area (Å²) in [7, 11) is 1.65. The first-order chi connectivity index (χ1) is 10.2. The molecule has 4 heteroatoms. The Labute approximate surface area is 125 Å². The van der Waals surface area contributed by atoms with Crippen LogP contribution >= 0.6 is 0 Å². The van der Waals surface area contributed by atoms with Gasteiger partial charge in [0.15, 0.2) is 0 Å². The lowest BCUT2D eigenvalue weighted by Gasteiger charge is -2.13. The molecular weight excluding hydrogens is 262 g/mol. The van der Waals surface area contributed by atoms with Gasteiger partial charge in [-0.3, -0.25) is 0 Å². The van der Waals surface area contributed by atoms with Crippen LogP contribution in [0.5, 0.6) is 5.75 Å². The molecule has 0 amide bonds. The van der Waals surface area contributed by atoms with Gasteiger partial charge in [0.05, 0.1) is 12.7 Å². The number of hydrogen-bond acceptors (Lipinski definition) is 4. The number of para-hydroxylation sites is 1. The maximum atomic E-state index is 9.19. The van der Waals surface area contributed by atoms with Crippen molar-refractivity contribution in [3.63, 3.8) is 0 Å². The number of ether oxygens (including phenoxy) is 1. The summed E-state index contributed by atoms with van der Waals surface area (Å²) in [5.41, 5.74) is 2.55. The fourth-order valence-electron chi connectivity index (χ4n) is 2.05. The van der Waals surface area contributed by atoms with Crippen molar-refractivity contribution in [1.82, 2.24) is 4.98 Å². The predicted molar refractivity (Wildman–Crippen MR) is 83.4 cm³/mol. The van der Waals surface area contributed by atoms with E-state index in [1.807, 2.05) is 36.4 Å². The lowest BCUT2D eigenvalue weighted by molar-refractivity contribution is 0.410. The van der Waals surface area contributed by atoms with Gasteiger partial charge in [-0.1, -0.05) is 32.0 Å². The van der Waals surface area contributed by atoms with E-state index in [-0.39, 0.29) is 0 Å². The zero-order valence-electron chi connectivity index (χ0n) is 12.6. The quantitative estimate of drug-likeness (QED) is 0.908. The van der Waals surface area contributed by atoms with E-state index in [0.717, 1.165) is 17.0 Å². The SMILES string of the molecule is COc1ccccc1CNc1nc(C(C)C)ccc1C#N. The van der Waals surface area contributed by atoms with Gasteiger partial charge < -0.3 is 10.1 Å². The fourth-order valence-corrected chi connectivity index (χ4v) is 2.05. The number of rotatable bonds is 5. The maximum absolute atomic E-state index is 9.19. The van der Waals surface area contributed by atoms with Crippen molar-refractivity contribution in [1.29, 1.82) is 5.26 Å². The van der Waals surface area contributed by atoms with Crippen LogP contribution in [0.1, 0.15) is 36.6 Å². The van der Waals surface area contributed by atoms with Crippen LogP contribution in [0.25, 0.3) is 0 Å². The van der Waals surface area contributed by atoms with Crippen molar-refractivity contribution in [3.8, 4) is 11.8 Å². The molecule has 0 bridgehead atoms. The second-order valence-corrected chi connectivity index (χ2v) is 5.06. The lowest BCUT2D eigenvalue weighted by Crippen LogP contribution is -2.06. The number of pyridine rings is 1. The number of aromatic nitrogens is 1. The van der Waals surface area contributed by atoms with Gasteiger partial charge in [0, 0.05) is 17.8 Å². The average molecular weight is 281 g/mol. The van der Waals surface area contributed by atoms with Gasteiger partial charge in [-0.15, -0.1) is 0 Å². The third kappa shape index (κ3) is 3.51. The van der Waals surface area contributed by atoms with Crippen molar-refractivity contribution in [2.24, 2.45) is 0 Å². The number of methoxy groups -OCH3 is 1. The molecule has 2 rings (SSSR count). The Balaban J connectivity index is 2.23. The van der Waals surface area contributed by atoms with Crippen LogP contribution in [-0.4, -0.2) is 12.1 Å². The second-order valence-electron chi connectivity index (χ2n) is 5.06. The summed E-state index contributed by atoms with van der Waals surface area (Å²) in [6.07, 6.45) is 0. The molecule has 1 aromatic heterocycles. The summed E-state index contributed by atoms with van der Waals surface area (Å²) in [4.78, 5) is 4.54. The maximum Gasteiger partial charge on any atom is 0.144 e. The van der Waals surface area contributed by atoms with Crippen LogP contribution < -0.4 is 10.1 Å². The van der Waals surface area contributed by atoms with Gasteiger partial charge in [0.2, 0.25) is 0 Å². The highest BCUT2D eigenvalue weighted by molar-refractivity contribution is 5.53. The molecule has 21 heavy (non-hydrogen) atoms.